The molecule has 0 bridgehead atoms. The van der Waals surface area contributed by atoms with Gasteiger partial charge in [-0.25, -0.2) is 0 Å². The molecule has 2 unspecified atom stereocenters. The second-order valence-corrected chi connectivity index (χ2v) is 28.6. The van der Waals surface area contributed by atoms with E-state index in [-0.39, 0.29) is 24.8 Å². The molecule has 0 saturated heterocycles. The summed E-state index contributed by atoms with van der Waals surface area (Å²) in [4.78, 5) is 0. The van der Waals surface area contributed by atoms with E-state index in [0.717, 1.165) is 12.8 Å². The summed E-state index contributed by atoms with van der Waals surface area (Å²) < 4.78 is 2.93. The van der Waals surface area contributed by atoms with Crippen molar-refractivity contribution < 1.29 is 43.7 Å². The standard InChI is InChI=1S/2C9H7.C3H8Si.C2H5.2ClH.Zr/c2*1-2-5-9-7-3-6-8(9)4-1;1-3(2)4;1-2;;;/h2*1-7H;3-4H,1-2H3;1H2,2H3;2*1H;/q;;;;;;+2/p-2. The zero-order valence-electron chi connectivity index (χ0n) is 16.2. The Bertz CT molecular complexity index is 849. The molecular weight excluding hydrogens is 466 g/mol. The van der Waals surface area contributed by atoms with E-state index < -0.39 is 18.9 Å². The second-order valence-electron chi connectivity index (χ2n) is 7.81. The summed E-state index contributed by atoms with van der Waals surface area (Å²) in [6.45, 7) is 7.44. The average molecular weight is 494 g/mol. The average Bonchev–Trinajstić information content (AvgIpc) is 3.24. The van der Waals surface area contributed by atoms with E-state index in [0.29, 0.717) is 6.16 Å². The number of hydrogen-bond donors (Lipinski definition) is 0. The molecule has 141 valence electrons. The van der Waals surface area contributed by atoms with Crippen LogP contribution in [0.1, 0.15) is 50.3 Å². The molecule has 0 radical (unpaired) electrons. The summed E-state index contributed by atoms with van der Waals surface area (Å²) in [6, 6.07) is 18.3. The van der Waals surface area contributed by atoms with Gasteiger partial charge in [-0.1, -0.05) is 0 Å². The van der Waals surface area contributed by atoms with Crippen LogP contribution in [0, 0.1) is 0 Å². The molecule has 2 aliphatic rings. The van der Waals surface area contributed by atoms with Gasteiger partial charge in [-0.2, -0.15) is 0 Å². The quantitative estimate of drug-likeness (QED) is 0.538. The van der Waals surface area contributed by atoms with Gasteiger partial charge in [0.05, 0.1) is 0 Å². The smallest absolute Gasteiger partial charge is 1.00 e. The first-order valence-electron chi connectivity index (χ1n) is 9.56. The Morgan fingerprint density at radius 1 is 0.815 bits per heavy atom. The van der Waals surface area contributed by atoms with E-state index in [1.54, 1.807) is 11.1 Å². The Balaban J connectivity index is 0.00000131. The van der Waals surface area contributed by atoms with E-state index in [4.69, 9.17) is 0 Å². The van der Waals surface area contributed by atoms with Crippen molar-refractivity contribution in [2.75, 3.05) is 0 Å². The van der Waals surface area contributed by atoms with Crippen molar-refractivity contribution in [3.63, 3.8) is 0 Å². The Kier molecular flexibility index (Phi) is 7.97. The van der Waals surface area contributed by atoms with Gasteiger partial charge in [0.25, 0.3) is 0 Å². The monoisotopic (exact) mass is 491 g/mol. The van der Waals surface area contributed by atoms with E-state index >= 15 is 0 Å². The van der Waals surface area contributed by atoms with Crippen molar-refractivity contribution in [3.05, 3.63) is 82.9 Å². The van der Waals surface area contributed by atoms with Crippen LogP contribution in [0.25, 0.3) is 12.2 Å². The molecule has 2 aliphatic carbocycles. The van der Waals surface area contributed by atoms with Crippen molar-refractivity contribution in [1.82, 2.24) is 0 Å². The van der Waals surface area contributed by atoms with Crippen LogP contribution in [0.2, 0.25) is 9.67 Å². The summed E-state index contributed by atoms with van der Waals surface area (Å²) in [7, 11) is 0. The molecular formula is C23H27Cl2SiZr. The third-order valence-electron chi connectivity index (χ3n) is 6.01. The number of fused-ring (bicyclic) bond motifs is 2. The van der Waals surface area contributed by atoms with Crippen molar-refractivity contribution >= 4 is 18.3 Å². The minimum absolute atomic E-state index is 0. The van der Waals surface area contributed by atoms with Crippen LogP contribution < -0.4 is 24.8 Å². The molecule has 2 aromatic carbocycles. The minimum Gasteiger partial charge on any atom is -1.00 e. The van der Waals surface area contributed by atoms with Crippen LogP contribution in [0.5, 0.6) is 0 Å². The van der Waals surface area contributed by atoms with Crippen LogP contribution >= 0.6 is 0 Å². The Labute approximate surface area is 181 Å². The predicted octanol–water partition coefficient (Wildman–Crippen LogP) is 0.303. The second kappa shape index (κ2) is 9.40. The van der Waals surface area contributed by atoms with Gasteiger partial charge in [0.1, 0.15) is 0 Å². The van der Waals surface area contributed by atoms with Crippen LogP contribution in [0.3, 0.4) is 0 Å². The van der Waals surface area contributed by atoms with Gasteiger partial charge >= 0.3 is 158 Å². The van der Waals surface area contributed by atoms with Gasteiger partial charge in [0.2, 0.25) is 0 Å². The Morgan fingerprint density at radius 3 is 1.67 bits per heavy atom. The zero-order valence-corrected chi connectivity index (χ0v) is 21.3. The van der Waals surface area contributed by atoms with Gasteiger partial charge in [-0.05, 0) is 0 Å². The minimum atomic E-state index is -2.52. The molecule has 0 heterocycles. The Morgan fingerprint density at radius 2 is 1.26 bits per heavy atom. The van der Waals surface area contributed by atoms with Gasteiger partial charge in [-0.3, -0.25) is 0 Å². The van der Waals surface area contributed by atoms with Gasteiger partial charge in [-0.15, -0.1) is 0 Å². The number of rotatable bonds is 4. The summed E-state index contributed by atoms with van der Waals surface area (Å²) in [5.74, 6) is 0. The number of allylic oxidation sites excluding steroid dienone is 2. The molecule has 27 heavy (non-hydrogen) atoms. The van der Waals surface area contributed by atoms with Crippen molar-refractivity contribution in [3.8, 4) is 0 Å². The number of halogens is 2. The van der Waals surface area contributed by atoms with Crippen LogP contribution in [-0.4, -0.2) is 6.16 Å². The maximum atomic E-state index is 2.59. The van der Waals surface area contributed by atoms with Crippen molar-refractivity contribution in [2.45, 2.75) is 37.7 Å². The number of hydrogen-bond acceptors (Lipinski definition) is 0. The summed E-state index contributed by atoms with van der Waals surface area (Å²) >= 11 is -2.52. The molecule has 0 fully saturated rings. The molecule has 0 aliphatic heterocycles. The van der Waals surface area contributed by atoms with Crippen LogP contribution in [-0.2, 0) is 18.9 Å². The number of benzene rings is 2. The van der Waals surface area contributed by atoms with Crippen LogP contribution in [0.15, 0.2) is 60.7 Å². The summed E-state index contributed by atoms with van der Waals surface area (Å²) in [6.07, 6.45) is 10.5. The van der Waals surface area contributed by atoms with E-state index in [1.165, 1.54) is 15.3 Å². The first-order valence-corrected chi connectivity index (χ1v) is 19.6. The molecule has 0 nitrogen and oxygen atoms in total. The molecule has 0 amide bonds. The largest absolute Gasteiger partial charge is 1.00 e. The third kappa shape index (κ3) is 4.01. The molecule has 0 N–H and O–H groups in total. The molecule has 0 saturated carbocycles. The maximum absolute atomic E-state index is 2.59. The van der Waals surface area contributed by atoms with Gasteiger partial charge in [0, 0.05) is 0 Å². The topological polar surface area (TPSA) is 0 Å². The molecule has 4 heteroatoms. The zero-order chi connectivity index (χ0) is 17.4. The molecule has 2 aromatic rings. The molecule has 0 spiro atoms. The SMILES string of the molecule is C[CH2][Zr+2](=[SiH]C(C)C)([CH]1C=Cc2ccccc21)[CH]1C=Cc2ccccc21.[Cl-].[Cl-]. The van der Waals surface area contributed by atoms with Crippen molar-refractivity contribution in [1.29, 1.82) is 0 Å². The fourth-order valence-electron chi connectivity index (χ4n) is 5.02. The molecule has 0 aromatic heterocycles. The van der Waals surface area contributed by atoms with Crippen molar-refractivity contribution in [2.24, 2.45) is 0 Å². The summed E-state index contributed by atoms with van der Waals surface area (Å²) in [5.41, 5.74) is 7.07. The van der Waals surface area contributed by atoms with Crippen LogP contribution in [0.4, 0.5) is 0 Å². The molecule has 4 rings (SSSR count). The fraction of sp³-hybridized carbons (Fsp3) is 0.304. The first kappa shape index (κ1) is 22.9. The van der Waals surface area contributed by atoms with E-state index in [9.17, 15) is 0 Å². The fourth-order valence-corrected chi connectivity index (χ4v) is 33.8. The summed E-state index contributed by atoms with van der Waals surface area (Å²) in [5, 5.41) is 0. The van der Waals surface area contributed by atoms with E-state index in [1.807, 2.05) is 0 Å². The molecule has 2 atom stereocenters. The van der Waals surface area contributed by atoms with Gasteiger partial charge in [0.15, 0.2) is 0 Å². The normalized spacial score (nSPS) is 19.9. The Hall–Kier alpha value is -0.400. The third-order valence-corrected chi connectivity index (χ3v) is 34.6. The first-order chi connectivity index (χ1) is 12.2. The van der Waals surface area contributed by atoms with E-state index in [2.05, 4.69) is 93.6 Å². The van der Waals surface area contributed by atoms with Gasteiger partial charge < -0.3 is 24.8 Å². The maximum Gasteiger partial charge on any atom is -1.00 e. The predicted molar refractivity (Wildman–Crippen MR) is 109 cm³/mol.